The molecule has 0 aromatic carbocycles. The fourth-order valence-electron chi connectivity index (χ4n) is 1.56. The third kappa shape index (κ3) is 1.81. The van der Waals surface area contributed by atoms with Crippen molar-refractivity contribution in [1.82, 2.24) is 5.43 Å². The molecular weight excluding hydrogens is 186 g/mol. The Morgan fingerprint density at radius 1 is 1.53 bits per heavy atom. The predicted octanol–water partition coefficient (Wildman–Crippen LogP) is 1.79. The summed E-state index contributed by atoms with van der Waals surface area (Å²) in [6, 6.07) is 0.187. The van der Waals surface area contributed by atoms with Crippen LogP contribution in [-0.4, -0.2) is 18.5 Å². The van der Waals surface area contributed by atoms with Gasteiger partial charge in [0.05, 0.1) is 11.8 Å². The van der Waals surface area contributed by atoms with E-state index in [1.165, 1.54) is 0 Å². The maximum atomic E-state index is 4.25. The Morgan fingerprint density at radius 3 is 3.20 bits per heavy atom. The molecule has 2 aliphatic rings. The first-order valence-electron chi connectivity index (χ1n) is 4.70. The highest BCUT2D eigenvalue weighted by Gasteiger charge is 2.25. The molecule has 0 spiro atoms. The summed E-state index contributed by atoms with van der Waals surface area (Å²) in [5.41, 5.74) is 5.92. The highest BCUT2D eigenvalue weighted by Crippen LogP contribution is 2.22. The monoisotopic (exact) mass is 198 g/mol. The summed E-state index contributed by atoms with van der Waals surface area (Å²) in [5, 5.41) is 4.25. The lowest BCUT2D eigenvalue weighted by molar-refractivity contribution is 0.718. The molecule has 1 aliphatic carbocycles. The molecule has 2 rings (SSSR count). The second-order valence-corrected chi connectivity index (χ2v) is 3.29. The lowest BCUT2D eigenvalue weighted by Gasteiger charge is -2.12. The third-order valence-corrected chi connectivity index (χ3v) is 2.30. The molecule has 0 fully saturated rings. The van der Waals surface area contributed by atoms with Gasteiger partial charge in [0.2, 0.25) is 0 Å². The zero-order chi connectivity index (χ0) is 10.7. The normalized spacial score (nSPS) is 23.1. The van der Waals surface area contributed by atoms with Gasteiger partial charge in [0.25, 0.3) is 0 Å². The molecule has 0 aromatic rings. The first kappa shape index (κ1) is 9.65. The highest BCUT2D eigenvalue weighted by molar-refractivity contribution is 6.16. The number of hydrogen-bond acceptors (Lipinski definition) is 3. The number of hydrogen-bond donors (Lipinski definition) is 1. The molecule has 0 saturated carbocycles. The molecule has 3 heteroatoms. The van der Waals surface area contributed by atoms with Crippen LogP contribution in [0.2, 0.25) is 0 Å². The second-order valence-electron chi connectivity index (χ2n) is 3.29. The van der Waals surface area contributed by atoms with Gasteiger partial charge in [0.15, 0.2) is 0 Å². The minimum atomic E-state index is 0.187. The van der Waals surface area contributed by atoms with Gasteiger partial charge in [-0.15, -0.1) is 0 Å². The van der Waals surface area contributed by atoms with Crippen LogP contribution in [0, 0.1) is 6.42 Å². The van der Waals surface area contributed by atoms with Crippen molar-refractivity contribution in [2.24, 2.45) is 10.1 Å². The Labute approximate surface area is 89.3 Å². The van der Waals surface area contributed by atoms with Crippen LogP contribution in [-0.2, 0) is 0 Å². The van der Waals surface area contributed by atoms with Gasteiger partial charge >= 0.3 is 0 Å². The summed E-state index contributed by atoms with van der Waals surface area (Å²) >= 11 is 0. The van der Waals surface area contributed by atoms with Gasteiger partial charge in [-0.3, -0.25) is 4.99 Å². The van der Waals surface area contributed by atoms with E-state index in [1.54, 1.807) is 12.3 Å². The number of hydrazone groups is 1. The molecular formula is C12H12N3. The fourth-order valence-corrected chi connectivity index (χ4v) is 1.56. The van der Waals surface area contributed by atoms with E-state index < -0.39 is 0 Å². The van der Waals surface area contributed by atoms with Gasteiger partial charge < -0.3 is 5.43 Å². The van der Waals surface area contributed by atoms with Gasteiger partial charge in [0.1, 0.15) is 0 Å². The maximum absolute atomic E-state index is 4.25. The number of allylic oxidation sites excluding steroid dienone is 4. The smallest absolute Gasteiger partial charge is 0.0949 e. The third-order valence-electron chi connectivity index (χ3n) is 2.30. The van der Waals surface area contributed by atoms with Crippen molar-refractivity contribution < 1.29 is 0 Å². The average Bonchev–Trinajstić information content (AvgIpc) is 2.69. The van der Waals surface area contributed by atoms with E-state index in [9.17, 15) is 0 Å². The maximum Gasteiger partial charge on any atom is 0.0949 e. The molecule has 1 unspecified atom stereocenters. The van der Waals surface area contributed by atoms with Gasteiger partial charge in [0, 0.05) is 18.2 Å². The van der Waals surface area contributed by atoms with Crippen molar-refractivity contribution in [1.29, 1.82) is 0 Å². The van der Waals surface area contributed by atoms with E-state index in [1.807, 2.05) is 18.2 Å². The number of nitrogens with zero attached hydrogens (tertiary/aromatic N) is 2. The summed E-state index contributed by atoms with van der Waals surface area (Å²) in [6.45, 7) is 7.32. The Kier molecular flexibility index (Phi) is 2.63. The van der Waals surface area contributed by atoms with Gasteiger partial charge in [-0.1, -0.05) is 24.8 Å². The molecule has 1 atom stereocenters. The summed E-state index contributed by atoms with van der Waals surface area (Å²) < 4.78 is 0. The Morgan fingerprint density at radius 2 is 2.40 bits per heavy atom. The van der Waals surface area contributed by atoms with Crippen LogP contribution >= 0.6 is 0 Å². The van der Waals surface area contributed by atoms with Gasteiger partial charge in [-0.2, -0.15) is 5.10 Å². The lowest BCUT2D eigenvalue weighted by atomic mass is 9.93. The van der Waals surface area contributed by atoms with Crippen molar-refractivity contribution >= 4 is 12.4 Å². The number of rotatable bonds is 3. The zero-order valence-corrected chi connectivity index (χ0v) is 8.35. The first-order valence-corrected chi connectivity index (χ1v) is 4.70. The van der Waals surface area contributed by atoms with Crippen molar-refractivity contribution in [3.8, 4) is 0 Å². The molecule has 0 aromatic heterocycles. The summed E-state index contributed by atoms with van der Waals surface area (Å²) in [4.78, 5) is 3.64. The Balaban J connectivity index is 2.20. The molecule has 1 heterocycles. The summed E-state index contributed by atoms with van der Waals surface area (Å²) in [5.74, 6) is 0. The van der Waals surface area contributed by atoms with Crippen molar-refractivity contribution in [3.63, 3.8) is 0 Å². The minimum absolute atomic E-state index is 0.187. The second kappa shape index (κ2) is 4.09. The molecule has 75 valence electrons. The number of nitrogens with one attached hydrogen (secondary N) is 1. The van der Waals surface area contributed by atoms with Crippen LogP contribution in [0.25, 0.3) is 0 Å². The minimum Gasteiger partial charge on any atom is -0.301 e. The zero-order valence-electron chi connectivity index (χ0n) is 8.35. The standard InChI is InChI=1S/C12H12N3/c1-9(7-8-13-2)12-10-5-3-4-6-11(10)14-15-12/h3-8,11,14H,1-2H2/b8-7-. The van der Waals surface area contributed by atoms with Crippen molar-refractivity contribution in [3.05, 3.63) is 54.7 Å². The highest BCUT2D eigenvalue weighted by atomic mass is 15.3. The quantitative estimate of drug-likeness (QED) is 0.544. The van der Waals surface area contributed by atoms with Crippen LogP contribution in [0.3, 0.4) is 0 Å². The number of aliphatic imine (C=N–C) groups is 1. The lowest BCUT2D eigenvalue weighted by Crippen LogP contribution is -2.23. The summed E-state index contributed by atoms with van der Waals surface area (Å²) in [7, 11) is 0. The van der Waals surface area contributed by atoms with Crippen LogP contribution in [0.5, 0.6) is 0 Å². The Hall–Kier alpha value is -1.90. The fraction of sp³-hybridized carbons (Fsp3) is 0.0833. The van der Waals surface area contributed by atoms with E-state index in [0.29, 0.717) is 0 Å². The van der Waals surface area contributed by atoms with E-state index in [-0.39, 0.29) is 6.04 Å². The van der Waals surface area contributed by atoms with E-state index in [0.717, 1.165) is 16.9 Å². The van der Waals surface area contributed by atoms with Crippen molar-refractivity contribution in [2.45, 2.75) is 6.04 Å². The molecule has 1 aliphatic heterocycles. The molecule has 0 saturated heterocycles. The molecule has 15 heavy (non-hydrogen) atoms. The van der Waals surface area contributed by atoms with Gasteiger partial charge in [-0.25, -0.2) is 0 Å². The molecule has 1 radical (unpaired) electrons. The Bertz CT molecular complexity index is 411. The van der Waals surface area contributed by atoms with Crippen LogP contribution in [0.4, 0.5) is 0 Å². The predicted molar refractivity (Wildman–Crippen MR) is 63.7 cm³/mol. The van der Waals surface area contributed by atoms with E-state index in [4.69, 9.17) is 0 Å². The number of fused-ring (bicyclic) bond motifs is 1. The van der Waals surface area contributed by atoms with Crippen LogP contribution in [0.1, 0.15) is 0 Å². The first-order chi connectivity index (χ1) is 7.33. The van der Waals surface area contributed by atoms with Gasteiger partial charge in [-0.05, 0) is 18.4 Å². The SMILES string of the molecule is C=N/C=C\C(=C)C1=NNC2[CH]C=CC=C12. The molecule has 1 N–H and O–H groups in total. The van der Waals surface area contributed by atoms with Crippen molar-refractivity contribution in [2.75, 3.05) is 0 Å². The van der Waals surface area contributed by atoms with E-state index in [2.05, 4.69) is 35.2 Å². The van der Waals surface area contributed by atoms with E-state index >= 15 is 0 Å². The average molecular weight is 198 g/mol. The molecule has 3 nitrogen and oxygen atoms in total. The van der Waals surface area contributed by atoms with Crippen LogP contribution in [0.15, 0.2) is 58.3 Å². The van der Waals surface area contributed by atoms with Crippen LogP contribution < -0.4 is 5.43 Å². The molecule has 0 amide bonds. The molecule has 0 bridgehead atoms. The largest absolute Gasteiger partial charge is 0.301 e. The summed E-state index contributed by atoms with van der Waals surface area (Å²) in [6.07, 6.45) is 11.5. The topological polar surface area (TPSA) is 36.8 Å².